The molecule has 0 aliphatic heterocycles. The van der Waals surface area contributed by atoms with Crippen molar-refractivity contribution in [3.63, 3.8) is 0 Å². The molecule has 2 aromatic rings. The molecule has 0 aliphatic carbocycles. The number of aromatic nitrogens is 3. The van der Waals surface area contributed by atoms with Gasteiger partial charge in [0.1, 0.15) is 0 Å². The molecule has 0 spiro atoms. The Labute approximate surface area is 125 Å². The highest BCUT2D eigenvalue weighted by Gasteiger charge is 2.15. The summed E-state index contributed by atoms with van der Waals surface area (Å²) in [6.07, 6.45) is 7.20. The highest BCUT2D eigenvalue weighted by atomic mass is 16.1. The monoisotopic (exact) mass is 286 g/mol. The Morgan fingerprint density at radius 3 is 2.76 bits per heavy atom. The normalized spacial score (nSPS) is 10.9. The van der Waals surface area contributed by atoms with Crippen molar-refractivity contribution < 1.29 is 4.79 Å². The maximum atomic E-state index is 12.1. The zero-order chi connectivity index (χ0) is 15.2. The topological polar surface area (TPSA) is 59.8 Å². The summed E-state index contributed by atoms with van der Waals surface area (Å²) in [6.45, 7) is 4.57. The van der Waals surface area contributed by atoms with Gasteiger partial charge in [0.2, 0.25) is 5.91 Å². The Balaban J connectivity index is 2.12. The van der Waals surface area contributed by atoms with Crippen LogP contribution in [0.25, 0.3) is 11.3 Å². The molecule has 1 amide bonds. The molecule has 21 heavy (non-hydrogen) atoms. The molecule has 0 aromatic carbocycles. The summed E-state index contributed by atoms with van der Waals surface area (Å²) in [6, 6.07) is 3.88. The van der Waals surface area contributed by atoms with Crippen molar-refractivity contribution >= 4 is 5.91 Å². The number of nitrogens with one attached hydrogen (secondary N) is 1. The molecule has 0 atom stereocenters. The Morgan fingerprint density at radius 2 is 2.14 bits per heavy atom. The number of amides is 1. The van der Waals surface area contributed by atoms with Crippen molar-refractivity contribution in [1.82, 2.24) is 20.1 Å². The van der Waals surface area contributed by atoms with Crippen molar-refractivity contribution in [2.75, 3.05) is 0 Å². The Morgan fingerprint density at radius 1 is 1.38 bits per heavy atom. The molecule has 0 aliphatic rings. The largest absolute Gasteiger partial charge is 0.352 e. The van der Waals surface area contributed by atoms with Crippen LogP contribution in [0.15, 0.2) is 30.7 Å². The number of rotatable bonds is 6. The van der Waals surface area contributed by atoms with Gasteiger partial charge in [0.05, 0.1) is 11.9 Å². The van der Waals surface area contributed by atoms with E-state index in [-0.39, 0.29) is 11.8 Å². The van der Waals surface area contributed by atoms with Crippen molar-refractivity contribution in [3.8, 4) is 11.3 Å². The van der Waals surface area contributed by atoms with E-state index in [0.717, 1.165) is 29.7 Å². The molecular weight excluding hydrogens is 264 g/mol. The minimum atomic E-state index is 0.0866. The average Bonchev–Trinajstić information content (AvgIpc) is 2.93. The second-order valence-electron chi connectivity index (χ2n) is 5.15. The molecule has 1 N–H and O–H groups in total. The smallest absolute Gasteiger partial charge is 0.223 e. The summed E-state index contributed by atoms with van der Waals surface area (Å²) >= 11 is 0. The van der Waals surface area contributed by atoms with E-state index in [9.17, 15) is 4.79 Å². The number of carbonyl (C=O) groups is 1. The van der Waals surface area contributed by atoms with Crippen LogP contribution in [0.4, 0.5) is 0 Å². The molecule has 2 heterocycles. The second-order valence-corrected chi connectivity index (χ2v) is 5.15. The van der Waals surface area contributed by atoms with Gasteiger partial charge in [0, 0.05) is 37.5 Å². The SMILES string of the molecule is CCC(CC)C(=O)NCc1cccnc1-c1cnn(C)c1. The standard InChI is InChI=1S/C16H22N4O/c1-4-12(5-2)16(21)18-9-13-7-6-8-17-15(13)14-10-19-20(3)11-14/h6-8,10-12H,4-5,9H2,1-3H3,(H,18,21). The van der Waals surface area contributed by atoms with Crippen LogP contribution in [0.2, 0.25) is 0 Å². The lowest BCUT2D eigenvalue weighted by Crippen LogP contribution is -2.29. The Bertz CT molecular complexity index is 602. The van der Waals surface area contributed by atoms with E-state index < -0.39 is 0 Å². The van der Waals surface area contributed by atoms with Crippen LogP contribution < -0.4 is 5.32 Å². The lowest BCUT2D eigenvalue weighted by molar-refractivity contribution is -0.125. The predicted octanol–water partition coefficient (Wildman–Crippen LogP) is 2.53. The lowest BCUT2D eigenvalue weighted by Gasteiger charge is -2.13. The number of carbonyl (C=O) groups excluding carboxylic acids is 1. The fourth-order valence-electron chi connectivity index (χ4n) is 2.37. The summed E-state index contributed by atoms with van der Waals surface area (Å²) in [7, 11) is 1.88. The summed E-state index contributed by atoms with van der Waals surface area (Å²) < 4.78 is 1.75. The van der Waals surface area contributed by atoms with Gasteiger partial charge in [-0.3, -0.25) is 14.5 Å². The first-order valence-electron chi connectivity index (χ1n) is 7.36. The Kier molecular flexibility index (Phi) is 5.09. The summed E-state index contributed by atoms with van der Waals surface area (Å²) in [5.74, 6) is 0.199. The van der Waals surface area contributed by atoms with Crippen LogP contribution in [-0.2, 0) is 18.4 Å². The van der Waals surface area contributed by atoms with Crippen LogP contribution in [0, 0.1) is 5.92 Å². The molecule has 0 saturated carbocycles. The van der Waals surface area contributed by atoms with Gasteiger partial charge < -0.3 is 5.32 Å². The average molecular weight is 286 g/mol. The number of hydrogen-bond acceptors (Lipinski definition) is 3. The Hall–Kier alpha value is -2.17. The van der Waals surface area contributed by atoms with Gasteiger partial charge in [-0.1, -0.05) is 19.9 Å². The molecule has 0 bridgehead atoms. The van der Waals surface area contributed by atoms with Gasteiger partial charge in [0.25, 0.3) is 0 Å². The third-order valence-corrected chi connectivity index (χ3v) is 3.68. The molecule has 0 fully saturated rings. The van der Waals surface area contributed by atoms with Crippen LogP contribution in [0.3, 0.4) is 0 Å². The van der Waals surface area contributed by atoms with Crippen LogP contribution >= 0.6 is 0 Å². The summed E-state index contributed by atoms with van der Waals surface area (Å²) in [5, 5.41) is 7.19. The molecular formula is C16H22N4O. The van der Waals surface area contributed by atoms with E-state index in [1.54, 1.807) is 17.1 Å². The third kappa shape index (κ3) is 3.68. The maximum Gasteiger partial charge on any atom is 0.223 e. The molecule has 2 aromatic heterocycles. The first-order chi connectivity index (χ1) is 10.2. The molecule has 0 saturated heterocycles. The highest BCUT2D eigenvalue weighted by molar-refractivity contribution is 5.78. The second kappa shape index (κ2) is 7.02. The van der Waals surface area contributed by atoms with Gasteiger partial charge in [0.15, 0.2) is 0 Å². The first-order valence-corrected chi connectivity index (χ1v) is 7.36. The van der Waals surface area contributed by atoms with Gasteiger partial charge in [-0.05, 0) is 24.5 Å². The van der Waals surface area contributed by atoms with E-state index in [0.29, 0.717) is 6.54 Å². The molecule has 5 nitrogen and oxygen atoms in total. The quantitative estimate of drug-likeness (QED) is 0.887. The third-order valence-electron chi connectivity index (χ3n) is 3.68. The number of nitrogens with zero attached hydrogens (tertiary/aromatic N) is 3. The molecule has 2 rings (SSSR count). The van der Waals surface area contributed by atoms with E-state index >= 15 is 0 Å². The van der Waals surface area contributed by atoms with Crippen molar-refractivity contribution in [2.24, 2.45) is 13.0 Å². The fourth-order valence-corrected chi connectivity index (χ4v) is 2.37. The number of hydrogen-bond donors (Lipinski definition) is 1. The number of pyridine rings is 1. The summed E-state index contributed by atoms with van der Waals surface area (Å²) in [4.78, 5) is 16.5. The minimum absolute atomic E-state index is 0.0866. The van der Waals surface area contributed by atoms with E-state index in [4.69, 9.17) is 0 Å². The van der Waals surface area contributed by atoms with Gasteiger partial charge in [-0.25, -0.2) is 0 Å². The van der Waals surface area contributed by atoms with Gasteiger partial charge >= 0.3 is 0 Å². The zero-order valence-corrected chi connectivity index (χ0v) is 12.8. The van der Waals surface area contributed by atoms with Crippen molar-refractivity contribution in [1.29, 1.82) is 0 Å². The van der Waals surface area contributed by atoms with E-state index in [1.807, 2.05) is 39.2 Å². The fraction of sp³-hybridized carbons (Fsp3) is 0.438. The molecule has 112 valence electrons. The first kappa shape index (κ1) is 15.2. The van der Waals surface area contributed by atoms with Gasteiger partial charge in [-0.15, -0.1) is 0 Å². The minimum Gasteiger partial charge on any atom is -0.352 e. The zero-order valence-electron chi connectivity index (χ0n) is 12.8. The van der Waals surface area contributed by atoms with Gasteiger partial charge in [-0.2, -0.15) is 5.10 Å². The molecule has 0 radical (unpaired) electrons. The number of aryl methyl sites for hydroxylation is 1. The van der Waals surface area contributed by atoms with E-state index in [1.165, 1.54) is 0 Å². The maximum absolute atomic E-state index is 12.1. The van der Waals surface area contributed by atoms with Crippen LogP contribution in [0.1, 0.15) is 32.3 Å². The van der Waals surface area contributed by atoms with Crippen molar-refractivity contribution in [3.05, 3.63) is 36.3 Å². The summed E-state index contributed by atoms with van der Waals surface area (Å²) in [5.41, 5.74) is 2.84. The van der Waals surface area contributed by atoms with E-state index in [2.05, 4.69) is 15.4 Å². The lowest BCUT2D eigenvalue weighted by atomic mass is 10.0. The molecule has 5 heteroatoms. The highest BCUT2D eigenvalue weighted by Crippen LogP contribution is 2.20. The van der Waals surface area contributed by atoms with Crippen LogP contribution in [-0.4, -0.2) is 20.7 Å². The molecule has 0 unspecified atom stereocenters. The predicted molar refractivity (Wildman–Crippen MR) is 82.4 cm³/mol. The van der Waals surface area contributed by atoms with Crippen LogP contribution in [0.5, 0.6) is 0 Å². The van der Waals surface area contributed by atoms with Crippen molar-refractivity contribution in [2.45, 2.75) is 33.2 Å².